The van der Waals surface area contributed by atoms with Gasteiger partial charge in [-0.3, -0.25) is 4.79 Å². The van der Waals surface area contributed by atoms with E-state index in [0.717, 1.165) is 5.92 Å². The third kappa shape index (κ3) is 2.51. The molecular formula is C21H27NO4. The van der Waals surface area contributed by atoms with Crippen molar-refractivity contribution in [2.45, 2.75) is 58.3 Å². The topological polar surface area (TPSA) is 55.8 Å². The summed E-state index contributed by atoms with van der Waals surface area (Å²) in [4.78, 5) is 25.7. The molecule has 3 aliphatic rings. The van der Waals surface area contributed by atoms with Crippen LogP contribution in [-0.2, 0) is 14.3 Å². The monoisotopic (exact) mass is 357 g/mol. The molecule has 6 unspecified atom stereocenters. The number of benzene rings is 1. The van der Waals surface area contributed by atoms with Crippen LogP contribution in [0.25, 0.3) is 0 Å². The highest BCUT2D eigenvalue weighted by atomic mass is 16.7. The van der Waals surface area contributed by atoms with Gasteiger partial charge in [0.2, 0.25) is 6.29 Å². The maximum absolute atomic E-state index is 12.8. The zero-order valence-corrected chi connectivity index (χ0v) is 15.7. The standard InChI is InChI=1S/C21H27NO4/c1-4-22(20(24)26-14(3)25-13(2)23)19-17-11-10-16-12-21(16,17)18(19)15-8-6-5-7-9-15/h5-9,14,16-19H,4,10-12H2,1-3H3. The lowest BCUT2D eigenvalue weighted by molar-refractivity contribution is -0.164. The van der Waals surface area contributed by atoms with E-state index in [0.29, 0.717) is 23.8 Å². The zero-order valence-electron chi connectivity index (χ0n) is 15.7. The van der Waals surface area contributed by atoms with Gasteiger partial charge in [-0.05, 0) is 49.0 Å². The van der Waals surface area contributed by atoms with Gasteiger partial charge < -0.3 is 14.4 Å². The van der Waals surface area contributed by atoms with Crippen molar-refractivity contribution in [1.82, 2.24) is 4.90 Å². The largest absolute Gasteiger partial charge is 0.426 e. The maximum atomic E-state index is 12.8. The third-order valence-corrected chi connectivity index (χ3v) is 6.74. The number of hydrogen-bond acceptors (Lipinski definition) is 4. The van der Waals surface area contributed by atoms with Gasteiger partial charge in [-0.25, -0.2) is 4.79 Å². The Morgan fingerprint density at radius 2 is 1.96 bits per heavy atom. The minimum atomic E-state index is -0.865. The second-order valence-corrected chi connectivity index (χ2v) is 7.92. The average molecular weight is 357 g/mol. The van der Waals surface area contributed by atoms with E-state index in [1.165, 1.54) is 31.7 Å². The van der Waals surface area contributed by atoms with Crippen LogP contribution >= 0.6 is 0 Å². The molecule has 1 amide bonds. The number of carbonyl (C=O) groups excluding carboxylic acids is 2. The number of ether oxygens (including phenoxy) is 2. The van der Waals surface area contributed by atoms with Crippen molar-refractivity contribution in [3.63, 3.8) is 0 Å². The van der Waals surface area contributed by atoms with E-state index >= 15 is 0 Å². The van der Waals surface area contributed by atoms with Crippen LogP contribution in [0.4, 0.5) is 4.79 Å². The van der Waals surface area contributed by atoms with Crippen molar-refractivity contribution < 1.29 is 19.1 Å². The first-order valence-corrected chi connectivity index (χ1v) is 9.68. The van der Waals surface area contributed by atoms with E-state index in [1.807, 2.05) is 17.9 Å². The summed E-state index contributed by atoms with van der Waals surface area (Å²) in [7, 11) is 0. The fraction of sp³-hybridized carbons (Fsp3) is 0.619. The van der Waals surface area contributed by atoms with Crippen LogP contribution in [0.15, 0.2) is 30.3 Å². The summed E-state index contributed by atoms with van der Waals surface area (Å²) < 4.78 is 10.4. The van der Waals surface area contributed by atoms with Crippen LogP contribution in [0.3, 0.4) is 0 Å². The van der Waals surface area contributed by atoms with Gasteiger partial charge in [0.05, 0.1) is 0 Å². The van der Waals surface area contributed by atoms with E-state index < -0.39 is 12.3 Å². The lowest BCUT2D eigenvalue weighted by Gasteiger charge is -2.56. The Labute approximate surface area is 154 Å². The van der Waals surface area contributed by atoms with Crippen LogP contribution in [0.2, 0.25) is 0 Å². The number of amides is 1. The number of likely N-dealkylation sites (N-methyl/N-ethyl adjacent to an activating group) is 1. The molecule has 0 bridgehead atoms. The molecule has 0 N–H and O–H groups in total. The summed E-state index contributed by atoms with van der Waals surface area (Å²) >= 11 is 0. The first kappa shape index (κ1) is 17.4. The summed E-state index contributed by atoms with van der Waals surface area (Å²) in [5, 5.41) is 0. The molecule has 3 aliphatic carbocycles. The Kier molecular flexibility index (Phi) is 4.20. The van der Waals surface area contributed by atoms with E-state index in [-0.39, 0.29) is 12.1 Å². The van der Waals surface area contributed by atoms with Gasteiger partial charge in [0.15, 0.2) is 0 Å². The van der Waals surface area contributed by atoms with Crippen LogP contribution in [0.1, 0.15) is 51.5 Å². The van der Waals surface area contributed by atoms with E-state index in [1.54, 1.807) is 6.92 Å². The predicted octanol–water partition coefficient (Wildman–Crippen LogP) is 3.94. The number of rotatable bonds is 5. The number of carbonyl (C=O) groups is 2. The third-order valence-electron chi connectivity index (χ3n) is 6.74. The first-order valence-electron chi connectivity index (χ1n) is 9.68. The first-order chi connectivity index (χ1) is 12.5. The van der Waals surface area contributed by atoms with Crippen LogP contribution in [-0.4, -0.2) is 35.8 Å². The van der Waals surface area contributed by atoms with E-state index in [4.69, 9.17) is 9.47 Å². The van der Waals surface area contributed by atoms with Gasteiger partial charge in [-0.15, -0.1) is 0 Å². The van der Waals surface area contributed by atoms with Crippen LogP contribution < -0.4 is 0 Å². The van der Waals surface area contributed by atoms with Gasteiger partial charge in [0, 0.05) is 32.4 Å². The molecular weight excluding hydrogens is 330 g/mol. The van der Waals surface area contributed by atoms with Crippen molar-refractivity contribution in [3.8, 4) is 0 Å². The Hall–Kier alpha value is -2.04. The molecule has 0 radical (unpaired) electrons. The molecule has 3 fully saturated rings. The van der Waals surface area contributed by atoms with Crippen molar-refractivity contribution in [2.75, 3.05) is 6.54 Å². The minimum absolute atomic E-state index is 0.173. The molecule has 6 atom stereocenters. The predicted molar refractivity (Wildman–Crippen MR) is 96.3 cm³/mol. The fourth-order valence-corrected chi connectivity index (χ4v) is 5.87. The Balaban J connectivity index is 1.56. The molecule has 1 aromatic carbocycles. The quantitative estimate of drug-likeness (QED) is 0.592. The zero-order chi connectivity index (χ0) is 18.5. The lowest BCUT2D eigenvalue weighted by atomic mass is 9.55. The smallest absolute Gasteiger partial charge is 0.413 e. The molecule has 5 nitrogen and oxygen atoms in total. The molecule has 26 heavy (non-hydrogen) atoms. The van der Waals surface area contributed by atoms with Gasteiger partial charge in [-0.1, -0.05) is 30.3 Å². The maximum Gasteiger partial charge on any atom is 0.413 e. The van der Waals surface area contributed by atoms with Crippen molar-refractivity contribution in [2.24, 2.45) is 17.3 Å². The molecule has 4 rings (SSSR count). The molecule has 0 aromatic heterocycles. The second-order valence-electron chi connectivity index (χ2n) is 7.92. The van der Waals surface area contributed by atoms with Gasteiger partial charge in [-0.2, -0.15) is 0 Å². The van der Waals surface area contributed by atoms with Crippen LogP contribution in [0.5, 0.6) is 0 Å². The molecule has 3 saturated carbocycles. The van der Waals surface area contributed by atoms with Gasteiger partial charge in [0.1, 0.15) is 0 Å². The molecule has 0 aliphatic heterocycles. The molecule has 1 aromatic rings. The molecule has 0 saturated heterocycles. The average Bonchev–Trinajstić information content (AvgIpc) is 3.25. The van der Waals surface area contributed by atoms with Gasteiger partial charge >= 0.3 is 12.1 Å². The number of nitrogens with zero attached hydrogens (tertiary/aromatic N) is 1. The van der Waals surface area contributed by atoms with E-state index in [2.05, 4.69) is 24.3 Å². The lowest BCUT2D eigenvalue weighted by Crippen LogP contribution is -2.60. The Bertz CT molecular complexity index is 705. The number of hydrogen-bond donors (Lipinski definition) is 0. The highest BCUT2D eigenvalue weighted by molar-refractivity contribution is 5.70. The summed E-state index contributed by atoms with van der Waals surface area (Å²) in [5.74, 6) is 1.32. The van der Waals surface area contributed by atoms with Crippen molar-refractivity contribution >= 4 is 12.1 Å². The fourth-order valence-electron chi connectivity index (χ4n) is 5.87. The summed E-state index contributed by atoms with van der Waals surface area (Å²) in [6.07, 6.45) is 2.52. The van der Waals surface area contributed by atoms with Crippen LogP contribution in [0, 0.1) is 17.3 Å². The molecule has 1 spiro atoms. The SMILES string of the molecule is CCN(C(=O)OC(C)OC(C)=O)C1C2CCC3CC32C1c1ccccc1. The number of esters is 1. The summed E-state index contributed by atoms with van der Waals surface area (Å²) in [5.41, 5.74) is 1.73. The van der Waals surface area contributed by atoms with Gasteiger partial charge in [0.25, 0.3) is 0 Å². The van der Waals surface area contributed by atoms with E-state index in [9.17, 15) is 9.59 Å². The minimum Gasteiger partial charge on any atom is -0.426 e. The molecule has 0 heterocycles. The molecule has 5 heteroatoms. The normalized spacial score (nSPS) is 34.7. The Morgan fingerprint density at radius 1 is 1.23 bits per heavy atom. The van der Waals surface area contributed by atoms with Crippen molar-refractivity contribution in [3.05, 3.63) is 35.9 Å². The second kappa shape index (κ2) is 6.29. The Morgan fingerprint density at radius 3 is 2.58 bits per heavy atom. The molecule has 140 valence electrons. The summed E-state index contributed by atoms with van der Waals surface area (Å²) in [6.45, 7) is 5.48. The van der Waals surface area contributed by atoms with Crippen molar-refractivity contribution in [1.29, 1.82) is 0 Å². The highest BCUT2D eigenvalue weighted by Gasteiger charge is 2.77. The summed E-state index contributed by atoms with van der Waals surface area (Å²) in [6, 6.07) is 10.8. The highest BCUT2D eigenvalue weighted by Crippen LogP contribution is 2.81.